The Morgan fingerprint density at radius 2 is 2.27 bits per heavy atom. The first kappa shape index (κ1) is 9.48. The normalized spacial score (nSPS) is 19.2. The molecule has 15 heavy (non-hydrogen) atoms. The molecule has 0 spiro atoms. The molecule has 1 aromatic rings. The van der Waals surface area contributed by atoms with Crippen molar-refractivity contribution in [1.29, 1.82) is 0 Å². The van der Waals surface area contributed by atoms with Crippen LogP contribution in [0, 0.1) is 5.82 Å². The zero-order valence-corrected chi connectivity index (χ0v) is 9.35. The van der Waals surface area contributed by atoms with E-state index in [9.17, 15) is 4.39 Å². The maximum Gasteiger partial charge on any atom is 0.144 e. The molecule has 0 radical (unpaired) electrons. The van der Waals surface area contributed by atoms with Gasteiger partial charge in [-0.3, -0.25) is 0 Å². The predicted molar refractivity (Wildman–Crippen MR) is 61.3 cm³/mol. The van der Waals surface area contributed by atoms with Crippen LogP contribution in [0.1, 0.15) is 12.8 Å². The topological polar surface area (TPSA) is 15.6 Å². The average Bonchev–Trinajstić information content (AvgIpc) is 3.06. The van der Waals surface area contributed by atoms with E-state index in [4.69, 9.17) is 11.6 Å². The van der Waals surface area contributed by atoms with Gasteiger partial charge in [0, 0.05) is 18.0 Å². The Hall–Kier alpha value is -0.740. The van der Waals surface area contributed by atoms with Crippen molar-refractivity contribution in [2.75, 3.05) is 4.90 Å². The first-order valence-corrected chi connectivity index (χ1v) is 5.89. The molecular formula is C10H8ClFN2S. The smallest absolute Gasteiger partial charge is 0.144 e. The first-order chi connectivity index (χ1) is 7.27. The zero-order chi connectivity index (χ0) is 10.4. The molecule has 2 aliphatic rings. The third-order valence-electron chi connectivity index (χ3n) is 2.55. The maximum atomic E-state index is 13.4. The van der Waals surface area contributed by atoms with Crippen molar-refractivity contribution in [3.8, 4) is 0 Å². The minimum absolute atomic E-state index is 0.207. The van der Waals surface area contributed by atoms with Gasteiger partial charge < -0.3 is 4.90 Å². The van der Waals surface area contributed by atoms with Gasteiger partial charge in [-0.05, 0) is 25.0 Å². The molecule has 1 aromatic carbocycles. The van der Waals surface area contributed by atoms with Gasteiger partial charge in [-0.1, -0.05) is 11.6 Å². The highest BCUT2D eigenvalue weighted by molar-refractivity contribution is 7.98. The number of hydrogen-bond acceptors (Lipinski definition) is 3. The van der Waals surface area contributed by atoms with Gasteiger partial charge in [0.05, 0.1) is 10.6 Å². The van der Waals surface area contributed by atoms with Crippen molar-refractivity contribution >= 4 is 35.6 Å². The van der Waals surface area contributed by atoms with Crippen LogP contribution in [-0.2, 0) is 0 Å². The highest BCUT2D eigenvalue weighted by atomic mass is 35.5. The van der Waals surface area contributed by atoms with E-state index in [2.05, 4.69) is 4.40 Å². The molecule has 2 nitrogen and oxygen atoms in total. The van der Waals surface area contributed by atoms with Crippen LogP contribution in [0.15, 0.2) is 21.4 Å². The first-order valence-electron chi connectivity index (χ1n) is 4.74. The van der Waals surface area contributed by atoms with Gasteiger partial charge in [-0.15, -0.1) is 0 Å². The summed E-state index contributed by atoms with van der Waals surface area (Å²) in [7, 11) is 0. The minimum Gasteiger partial charge on any atom is -0.326 e. The Labute approximate surface area is 96.3 Å². The van der Waals surface area contributed by atoms with Gasteiger partial charge in [0.2, 0.25) is 0 Å². The molecule has 78 valence electrons. The second-order valence-corrected chi connectivity index (χ2v) is 4.87. The number of fused-ring (bicyclic) bond motifs is 1. The fourth-order valence-electron chi connectivity index (χ4n) is 1.65. The van der Waals surface area contributed by atoms with E-state index in [0.29, 0.717) is 6.04 Å². The van der Waals surface area contributed by atoms with Crippen molar-refractivity contribution < 1.29 is 4.39 Å². The molecule has 0 saturated heterocycles. The van der Waals surface area contributed by atoms with E-state index >= 15 is 0 Å². The van der Waals surface area contributed by atoms with Crippen molar-refractivity contribution in [2.24, 2.45) is 4.40 Å². The van der Waals surface area contributed by atoms with Crippen LogP contribution in [0.4, 0.5) is 10.1 Å². The van der Waals surface area contributed by atoms with E-state index in [-0.39, 0.29) is 10.8 Å². The number of halogens is 2. The van der Waals surface area contributed by atoms with E-state index in [1.54, 1.807) is 12.4 Å². The summed E-state index contributed by atoms with van der Waals surface area (Å²) < 4.78 is 17.5. The summed E-state index contributed by atoms with van der Waals surface area (Å²) >= 11 is 7.32. The number of rotatable bonds is 1. The number of anilines is 1. The second-order valence-electron chi connectivity index (χ2n) is 3.66. The van der Waals surface area contributed by atoms with Gasteiger partial charge in [0.25, 0.3) is 0 Å². The molecule has 3 rings (SSSR count). The Kier molecular flexibility index (Phi) is 2.14. The maximum absolute atomic E-state index is 13.4. The summed E-state index contributed by atoms with van der Waals surface area (Å²) in [5, 5.41) is 0.207. The second kappa shape index (κ2) is 3.39. The van der Waals surface area contributed by atoms with Crippen molar-refractivity contribution in [3.05, 3.63) is 23.0 Å². The summed E-state index contributed by atoms with van der Waals surface area (Å²) in [6, 6.07) is 3.57. The molecule has 0 bridgehead atoms. The minimum atomic E-state index is -0.364. The van der Waals surface area contributed by atoms with E-state index in [1.165, 1.54) is 18.0 Å². The zero-order valence-electron chi connectivity index (χ0n) is 7.78. The monoisotopic (exact) mass is 242 g/mol. The molecule has 0 atom stereocenters. The molecule has 1 saturated carbocycles. The Morgan fingerprint density at radius 1 is 1.47 bits per heavy atom. The van der Waals surface area contributed by atoms with Crippen molar-refractivity contribution in [3.63, 3.8) is 0 Å². The number of hydrogen-bond donors (Lipinski definition) is 0. The number of benzene rings is 1. The van der Waals surface area contributed by atoms with Gasteiger partial charge in [0.1, 0.15) is 17.2 Å². The highest BCUT2D eigenvalue weighted by Crippen LogP contribution is 2.44. The van der Waals surface area contributed by atoms with Crippen LogP contribution in [0.3, 0.4) is 0 Å². The Bertz CT molecular complexity index is 445. The van der Waals surface area contributed by atoms with Crippen LogP contribution in [-0.4, -0.2) is 12.4 Å². The summed E-state index contributed by atoms with van der Waals surface area (Å²) in [5.74, 6) is -0.364. The molecule has 5 heteroatoms. The lowest BCUT2D eigenvalue weighted by atomic mass is 10.2. The summed E-state index contributed by atoms with van der Waals surface area (Å²) in [4.78, 5) is 2.91. The molecule has 1 aliphatic carbocycles. The largest absolute Gasteiger partial charge is 0.326 e. The molecule has 1 fully saturated rings. The van der Waals surface area contributed by atoms with Gasteiger partial charge in [-0.2, -0.15) is 0 Å². The molecule has 0 unspecified atom stereocenters. The lowest BCUT2D eigenvalue weighted by molar-refractivity contribution is 0.626. The molecule has 0 N–H and O–H groups in total. The lowest BCUT2D eigenvalue weighted by Gasteiger charge is -2.25. The third kappa shape index (κ3) is 1.52. The van der Waals surface area contributed by atoms with Crippen LogP contribution in [0.25, 0.3) is 0 Å². The van der Waals surface area contributed by atoms with Gasteiger partial charge >= 0.3 is 0 Å². The fraction of sp³-hybridized carbons (Fsp3) is 0.300. The third-order valence-corrected chi connectivity index (χ3v) is 3.64. The Morgan fingerprint density at radius 3 is 3.00 bits per heavy atom. The highest BCUT2D eigenvalue weighted by Gasteiger charge is 2.33. The van der Waals surface area contributed by atoms with Crippen molar-refractivity contribution in [2.45, 2.75) is 23.8 Å². The standard InChI is InChI=1S/C10H8ClFN2S/c11-9-7(12)3-4-8-10(9)14(5-13-15-8)6-1-2-6/h3-6H,1-2H2. The predicted octanol–water partition coefficient (Wildman–Crippen LogP) is 3.50. The quantitative estimate of drug-likeness (QED) is 0.701. The lowest BCUT2D eigenvalue weighted by Crippen LogP contribution is -2.26. The van der Waals surface area contributed by atoms with Gasteiger partial charge in [-0.25, -0.2) is 8.79 Å². The molecule has 0 aromatic heterocycles. The molecule has 1 aliphatic heterocycles. The summed E-state index contributed by atoms with van der Waals surface area (Å²) in [6.45, 7) is 0. The van der Waals surface area contributed by atoms with Crippen LogP contribution in [0.2, 0.25) is 5.02 Å². The van der Waals surface area contributed by atoms with E-state index in [0.717, 1.165) is 23.4 Å². The van der Waals surface area contributed by atoms with Crippen LogP contribution in [0.5, 0.6) is 0 Å². The molecule has 0 amide bonds. The summed E-state index contributed by atoms with van der Waals surface area (Å²) in [5.41, 5.74) is 0.777. The van der Waals surface area contributed by atoms with E-state index < -0.39 is 0 Å². The van der Waals surface area contributed by atoms with Crippen molar-refractivity contribution in [1.82, 2.24) is 0 Å². The van der Waals surface area contributed by atoms with Crippen LogP contribution < -0.4 is 4.90 Å². The van der Waals surface area contributed by atoms with Crippen LogP contribution >= 0.6 is 23.5 Å². The SMILES string of the molecule is Fc1ccc2c(c1Cl)N(C1CC1)C=NS2. The average molecular weight is 243 g/mol. The van der Waals surface area contributed by atoms with Gasteiger partial charge in [0.15, 0.2) is 0 Å². The summed E-state index contributed by atoms with van der Waals surface area (Å²) in [6.07, 6.45) is 4.00. The number of nitrogens with zero attached hydrogens (tertiary/aromatic N) is 2. The molecule has 1 heterocycles. The molecular weight excluding hydrogens is 235 g/mol. The fourth-order valence-corrected chi connectivity index (χ4v) is 2.66. The van der Waals surface area contributed by atoms with E-state index in [1.807, 2.05) is 4.90 Å². The Balaban J connectivity index is 2.14.